The van der Waals surface area contributed by atoms with E-state index in [1.54, 1.807) is 4.90 Å². The Morgan fingerprint density at radius 3 is 2.50 bits per heavy atom. The molecule has 1 aromatic rings. The van der Waals surface area contributed by atoms with Crippen molar-refractivity contribution < 1.29 is 13.2 Å². The molecule has 20 heavy (non-hydrogen) atoms. The molecule has 0 spiro atoms. The molecular weight excluding hydrogens is 300 g/mol. The fourth-order valence-corrected chi connectivity index (χ4v) is 3.48. The number of sulfonamides is 1. The predicted octanol–water partition coefficient (Wildman–Crippen LogP) is 1.86. The van der Waals surface area contributed by atoms with E-state index in [0.717, 1.165) is 6.42 Å². The van der Waals surface area contributed by atoms with Crippen molar-refractivity contribution in [1.29, 1.82) is 0 Å². The van der Waals surface area contributed by atoms with Crippen LogP contribution < -0.4 is 5.14 Å². The fraction of sp³-hybridized carbons (Fsp3) is 0.462. The number of rotatable bonds is 2. The van der Waals surface area contributed by atoms with Gasteiger partial charge in [0.2, 0.25) is 10.0 Å². The summed E-state index contributed by atoms with van der Waals surface area (Å²) in [6.07, 6.45) is 0.939. The molecule has 1 fully saturated rings. The lowest BCUT2D eigenvalue weighted by molar-refractivity contribution is 0.0743. The first-order valence-corrected chi connectivity index (χ1v) is 8.25. The van der Waals surface area contributed by atoms with Gasteiger partial charge >= 0.3 is 0 Å². The second kappa shape index (κ2) is 5.35. The standard InChI is InChI=1S/C13H17ClN2O3S/c1-8-3-9(2)16(7-8)13(17)10-4-11(14)6-12(5-10)20(15,18)19/h4-6,8-9H,3,7H2,1-2H3,(H2,15,18,19). The average Bonchev–Trinajstić information content (AvgIpc) is 2.65. The van der Waals surface area contributed by atoms with Gasteiger partial charge in [0, 0.05) is 23.2 Å². The minimum atomic E-state index is -3.88. The minimum Gasteiger partial charge on any atom is -0.336 e. The van der Waals surface area contributed by atoms with Crippen LogP contribution in [-0.2, 0) is 10.0 Å². The Bertz CT molecular complexity index is 645. The van der Waals surface area contributed by atoms with E-state index in [1.807, 2.05) is 6.92 Å². The molecule has 0 bridgehead atoms. The van der Waals surface area contributed by atoms with Gasteiger partial charge < -0.3 is 4.90 Å². The van der Waals surface area contributed by atoms with Gasteiger partial charge in [-0.3, -0.25) is 4.79 Å². The number of carbonyl (C=O) groups excluding carboxylic acids is 1. The van der Waals surface area contributed by atoms with Crippen LogP contribution >= 0.6 is 11.6 Å². The van der Waals surface area contributed by atoms with E-state index in [9.17, 15) is 13.2 Å². The predicted molar refractivity (Wildman–Crippen MR) is 77.1 cm³/mol. The van der Waals surface area contributed by atoms with Crippen LogP contribution in [0.3, 0.4) is 0 Å². The van der Waals surface area contributed by atoms with E-state index in [-0.39, 0.29) is 27.4 Å². The molecule has 2 unspecified atom stereocenters. The number of nitrogens with two attached hydrogens (primary N) is 1. The maximum Gasteiger partial charge on any atom is 0.254 e. The molecule has 0 radical (unpaired) electrons. The van der Waals surface area contributed by atoms with Crippen LogP contribution in [0.5, 0.6) is 0 Å². The van der Waals surface area contributed by atoms with Crippen molar-refractivity contribution in [3.05, 3.63) is 28.8 Å². The lowest BCUT2D eigenvalue weighted by atomic mass is 10.1. The van der Waals surface area contributed by atoms with Gasteiger partial charge in [0.15, 0.2) is 0 Å². The average molecular weight is 317 g/mol. The van der Waals surface area contributed by atoms with E-state index in [2.05, 4.69) is 6.92 Å². The Labute approximate surface area is 123 Å². The minimum absolute atomic E-state index is 0.134. The third-order valence-corrected chi connectivity index (χ3v) is 4.60. The molecule has 2 N–H and O–H groups in total. The molecule has 2 rings (SSSR count). The second-order valence-electron chi connectivity index (χ2n) is 5.37. The quantitative estimate of drug-likeness (QED) is 0.904. The summed E-state index contributed by atoms with van der Waals surface area (Å²) in [5.74, 6) is 0.222. The molecule has 1 amide bonds. The van der Waals surface area contributed by atoms with Crippen LogP contribution in [0.25, 0.3) is 0 Å². The van der Waals surface area contributed by atoms with Crippen molar-refractivity contribution in [3.63, 3.8) is 0 Å². The van der Waals surface area contributed by atoms with Gasteiger partial charge in [0.25, 0.3) is 5.91 Å². The van der Waals surface area contributed by atoms with Gasteiger partial charge in [-0.2, -0.15) is 0 Å². The van der Waals surface area contributed by atoms with E-state index < -0.39 is 10.0 Å². The van der Waals surface area contributed by atoms with Gasteiger partial charge in [-0.25, -0.2) is 13.6 Å². The van der Waals surface area contributed by atoms with E-state index in [0.29, 0.717) is 12.5 Å². The number of likely N-dealkylation sites (tertiary alicyclic amines) is 1. The second-order valence-corrected chi connectivity index (χ2v) is 7.37. The maximum atomic E-state index is 12.5. The van der Waals surface area contributed by atoms with Gasteiger partial charge in [0.1, 0.15) is 0 Å². The lowest BCUT2D eigenvalue weighted by Gasteiger charge is -2.21. The number of nitrogens with zero attached hydrogens (tertiary/aromatic N) is 1. The number of amides is 1. The molecule has 2 atom stereocenters. The lowest BCUT2D eigenvalue weighted by Crippen LogP contribution is -2.34. The van der Waals surface area contributed by atoms with Crippen LogP contribution in [-0.4, -0.2) is 31.8 Å². The zero-order valence-electron chi connectivity index (χ0n) is 11.3. The molecule has 0 aromatic heterocycles. The summed E-state index contributed by atoms with van der Waals surface area (Å²) in [4.78, 5) is 14.1. The monoisotopic (exact) mass is 316 g/mol. The molecule has 1 aliphatic heterocycles. The number of hydrogen-bond donors (Lipinski definition) is 1. The van der Waals surface area contributed by atoms with Gasteiger partial charge in [-0.1, -0.05) is 18.5 Å². The van der Waals surface area contributed by atoms with Crippen molar-refractivity contribution in [2.24, 2.45) is 11.1 Å². The van der Waals surface area contributed by atoms with Crippen LogP contribution in [0.15, 0.2) is 23.1 Å². The molecule has 0 aliphatic carbocycles. The Kier molecular flexibility index (Phi) is 4.09. The SMILES string of the molecule is CC1CC(C)N(C(=O)c2cc(Cl)cc(S(N)(=O)=O)c2)C1. The van der Waals surface area contributed by atoms with E-state index in [4.69, 9.17) is 16.7 Å². The summed E-state index contributed by atoms with van der Waals surface area (Å²) in [5.41, 5.74) is 0.252. The van der Waals surface area contributed by atoms with Crippen LogP contribution in [0, 0.1) is 5.92 Å². The third kappa shape index (κ3) is 3.13. The highest BCUT2D eigenvalue weighted by Gasteiger charge is 2.31. The highest BCUT2D eigenvalue weighted by molar-refractivity contribution is 7.89. The zero-order chi connectivity index (χ0) is 15.1. The number of halogens is 1. The zero-order valence-corrected chi connectivity index (χ0v) is 12.9. The van der Waals surface area contributed by atoms with Crippen molar-refractivity contribution in [2.45, 2.75) is 31.2 Å². The molecule has 1 heterocycles. The van der Waals surface area contributed by atoms with Crippen molar-refractivity contribution in [3.8, 4) is 0 Å². The summed E-state index contributed by atoms with van der Waals surface area (Å²) in [5, 5.41) is 5.27. The summed E-state index contributed by atoms with van der Waals surface area (Å²) >= 11 is 5.88. The van der Waals surface area contributed by atoms with Gasteiger partial charge in [-0.15, -0.1) is 0 Å². The first kappa shape index (κ1) is 15.3. The van der Waals surface area contributed by atoms with Crippen molar-refractivity contribution >= 4 is 27.5 Å². The summed E-state index contributed by atoms with van der Waals surface area (Å²) < 4.78 is 22.8. The van der Waals surface area contributed by atoms with Crippen LogP contribution in [0.1, 0.15) is 30.6 Å². The van der Waals surface area contributed by atoms with E-state index >= 15 is 0 Å². The largest absolute Gasteiger partial charge is 0.336 e. The molecule has 0 saturated carbocycles. The first-order valence-electron chi connectivity index (χ1n) is 6.33. The number of benzene rings is 1. The smallest absolute Gasteiger partial charge is 0.254 e. The molecule has 1 aliphatic rings. The van der Waals surface area contributed by atoms with Crippen LogP contribution in [0.4, 0.5) is 0 Å². The van der Waals surface area contributed by atoms with E-state index in [1.165, 1.54) is 18.2 Å². The van der Waals surface area contributed by atoms with Gasteiger partial charge in [-0.05, 0) is 37.5 Å². The van der Waals surface area contributed by atoms with Gasteiger partial charge in [0.05, 0.1) is 4.90 Å². The van der Waals surface area contributed by atoms with Crippen LogP contribution in [0.2, 0.25) is 5.02 Å². The molecule has 7 heteroatoms. The summed E-state index contributed by atoms with van der Waals surface area (Å²) in [6, 6.07) is 4.12. The Hall–Kier alpha value is -1.11. The molecule has 110 valence electrons. The summed E-state index contributed by atoms with van der Waals surface area (Å²) in [7, 11) is -3.88. The highest BCUT2D eigenvalue weighted by atomic mass is 35.5. The molecule has 1 saturated heterocycles. The Morgan fingerprint density at radius 2 is 2.00 bits per heavy atom. The third-order valence-electron chi connectivity index (χ3n) is 3.49. The highest BCUT2D eigenvalue weighted by Crippen LogP contribution is 2.26. The number of primary sulfonamides is 1. The Morgan fingerprint density at radius 1 is 1.35 bits per heavy atom. The fourth-order valence-electron chi connectivity index (χ4n) is 2.60. The normalized spacial score (nSPS) is 23.1. The summed E-state index contributed by atoms with van der Waals surface area (Å²) in [6.45, 7) is 4.72. The topological polar surface area (TPSA) is 80.5 Å². The first-order chi connectivity index (χ1) is 9.18. The van der Waals surface area contributed by atoms with Crippen molar-refractivity contribution in [2.75, 3.05) is 6.54 Å². The molecule has 5 nitrogen and oxygen atoms in total. The number of hydrogen-bond acceptors (Lipinski definition) is 3. The van der Waals surface area contributed by atoms with Crippen molar-refractivity contribution in [1.82, 2.24) is 4.90 Å². The molecule has 1 aromatic carbocycles. The molecular formula is C13H17ClN2O3S. The Balaban J connectivity index is 2.38. The number of carbonyl (C=O) groups is 1. The maximum absolute atomic E-state index is 12.5.